The monoisotopic (exact) mass is 296 g/mol. The van der Waals surface area contributed by atoms with Crippen LogP contribution in [0.1, 0.15) is 39.5 Å². The molecule has 2 unspecified atom stereocenters. The number of carbonyl (C=O) groups is 1. The molecule has 1 amide bonds. The summed E-state index contributed by atoms with van der Waals surface area (Å²) in [6.45, 7) is 4.12. The first-order valence-electron chi connectivity index (χ1n) is 7.14. The van der Waals surface area contributed by atoms with Gasteiger partial charge in [0.15, 0.2) is 0 Å². The number of nitrogens with one attached hydrogen (secondary N) is 1. The zero-order chi connectivity index (χ0) is 14.8. The van der Waals surface area contributed by atoms with Gasteiger partial charge in [-0.25, -0.2) is 0 Å². The van der Waals surface area contributed by atoms with Gasteiger partial charge in [-0.2, -0.15) is 5.10 Å². The summed E-state index contributed by atoms with van der Waals surface area (Å²) in [5, 5.41) is 8.01. The highest BCUT2D eigenvalue weighted by Gasteiger charge is 2.41. The van der Waals surface area contributed by atoms with Crippen molar-refractivity contribution in [1.29, 1.82) is 0 Å². The van der Waals surface area contributed by atoms with E-state index in [1.54, 1.807) is 16.4 Å². The minimum Gasteiger partial charge on any atom is -0.368 e. The Labute approximate surface area is 124 Å². The van der Waals surface area contributed by atoms with Crippen LogP contribution in [0.4, 0.5) is 0 Å². The van der Waals surface area contributed by atoms with Crippen LogP contribution in [-0.2, 0) is 11.8 Å². The lowest BCUT2D eigenvalue weighted by Crippen LogP contribution is -2.60. The Hall–Kier alpha value is -1.01. The van der Waals surface area contributed by atoms with E-state index in [0.717, 1.165) is 30.6 Å². The molecule has 1 aliphatic carbocycles. The Morgan fingerprint density at radius 2 is 2.40 bits per heavy atom. The summed E-state index contributed by atoms with van der Waals surface area (Å²) in [6.07, 6.45) is 7.67. The summed E-state index contributed by atoms with van der Waals surface area (Å²) >= 11 is 1.80. The Kier molecular flexibility index (Phi) is 4.75. The van der Waals surface area contributed by atoms with Gasteiger partial charge < -0.3 is 11.1 Å². The number of rotatable bonds is 5. The normalized spacial score (nSPS) is 26.9. The van der Waals surface area contributed by atoms with Crippen molar-refractivity contribution in [3.63, 3.8) is 0 Å². The van der Waals surface area contributed by atoms with Crippen molar-refractivity contribution in [3.8, 4) is 0 Å². The molecular formula is C14H24N4OS. The minimum atomic E-state index is -0.549. The molecule has 1 aliphatic rings. The van der Waals surface area contributed by atoms with E-state index >= 15 is 0 Å². The van der Waals surface area contributed by atoms with Gasteiger partial charge in [-0.05, 0) is 39.5 Å². The van der Waals surface area contributed by atoms with Crippen LogP contribution in [0.25, 0.3) is 0 Å². The topological polar surface area (TPSA) is 72.9 Å². The van der Waals surface area contributed by atoms with Crippen LogP contribution in [0, 0.1) is 0 Å². The van der Waals surface area contributed by atoms with Crippen molar-refractivity contribution >= 4 is 17.7 Å². The van der Waals surface area contributed by atoms with Crippen molar-refractivity contribution in [3.05, 3.63) is 12.4 Å². The average Bonchev–Trinajstić information content (AvgIpc) is 2.74. The van der Waals surface area contributed by atoms with Crippen LogP contribution < -0.4 is 11.1 Å². The van der Waals surface area contributed by atoms with Gasteiger partial charge in [0.2, 0.25) is 5.91 Å². The lowest BCUT2D eigenvalue weighted by atomic mass is 9.80. The second-order valence-electron chi connectivity index (χ2n) is 5.93. The van der Waals surface area contributed by atoms with Gasteiger partial charge in [0.05, 0.1) is 11.7 Å². The Morgan fingerprint density at radius 1 is 1.65 bits per heavy atom. The molecule has 1 saturated carbocycles. The Balaban J connectivity index is 2.07. The standard InChI is InChI=1S/C14H24N4OS/c1-10(2)17-14(13(15)19)6-4-5-11(7-14)20-12-8-16-18(3)9-12/h8-11,17H,4-7H2,1-3H3,(H2,15,19). The lowest BCUT2D eigenvalue weighted by Gasteiger charge is -2.40. The van der Waals surface area contributed by atoms with Crippen LogP contribution in [0.15, 0.2) is 17.3 Å². The van der Waals surface area contributed by atoms with E-state index < -0.39 is 5.54 Å². The van der Waals surface area contributed by atoms with E-state index in [9.17, 15) is 4.79 Å². The van der Waals surface area contributed by atoms with E-state index in [1.807, 2.05) is 19.4 Å². The second kappa shape index (κ2) is 6.18. The van der Waals surface area contributed by atoms with Crippen LogP contribution in [0.5, 0.6) is 0 Å². The molecule has 0 radical (unpaired) electrons. The molecule has 2 rings (SSSR count). The molecule has 20 heavy (non-hydrogen) atoms. The number of carbonyl (C=O) groups excluding carboxylic acids is 1. The number of hydrogen-bond acceptors (Lipinski definition) is 4. The fourth-order valence-electron chi connectivity index (χ4n) is 2.96. The molecule has 3 N–H and O–H groups in total. The van der Waals surface area contributed by atoms with Gasteiger partial charge in [0.25, 0.3) is 0 Å². The molecule has 5 nitrogen and oxygen atoms in total. The fraction of sp³-hybridized carbons (Fsp3) is 0.714. The SMILES string of the molecule is CC(C)NC1(C(N)=O)CCCC(Sc2cnn(C)c2)C1. The lowest BCUT2D eigenvalue weighted by molar-refractivity contribution is -0.126. The molecule has 0 saturated heterocycles. The predicted molar refractivity (Wildman–Crippen MR) is 81.5 cm³/mol. The molecule has 112 valence electrons. The molecule has 1 fully saturated rings. The van der Waals surface area contributed by atoms with Crippen molar-refractivity contribution < 1.29 is 4.79 Å². The maximum absolute atomic E-state index is 11.9. The van der Waals surface area contributed by atoms with E-state index in [0.29, 0.717) is 5.25 Å². The zero-order valence-corrected chi connectivity index (χ0v) is 13.2. The molecule has 0 bridgehead atoms. The van der Waals surface area contributed by atoms with Gasteiger partial charge in [0.1, 0.15) is 0 Å². The molecule has 2 atom stereocenters. The molecule has 1 aromatic heterocycles. The maximum atomic E-state index is 11.9. The van der Waals surface area contributed by atoms with Gasteiger partial charge in [0, 0.05) is 29.4 Å². The largest absolute Gasteiger partial charge is 0.368 e. The van der Waals surface area contributed by atoms with Crippen molar-refractivity contribution in [1.82, 2.24) is 15.1 Å². The number of primary amides is 1. The molecule has 0 aliphatic heterocycles. The highest BCUT2D eigenvalue weighted by atomic mass is 32.2. The summed E-state index contributed by atoms with van der Waals surface area (Å²) in [6, 6.07) is 0.254. The first-order valence-corrected chi connectivity index (χ1v) is 8.02. The Morgan fingerprint density at radius 3 is 2.95 bits per heavy atom. The van der Waals surface area contributed by atoms with Crippen LogP contribution in [0.2, 0.25) is 0 Å². The molecule has 0 spiro atoms. The summed E-state index contributed by atoms with van der Waals surface area (Å²) in [7, 11) is 1.92. The average molecular weight is 296 g/mol. The molecule has 1 heterocycles. The Bertz CT molecular complexity index is 473. The van der Waals surface area contributed by atoms with Gasteiger partial charge in [-0.15, -0.1) is 11.8 Å². The first kappa shape index (κ1) is 15.4. The van der Waals surface area contributed by atoms with Gasteiger partial charge in [-0.3, -0.25) is 9.48 Å². The molecule has 0 aromatic carbocycles. The quantitative estimate of drug-likeness (QED) is 0.867. The third-order valence-electron chi connectivity index (χ3n) is 3.73. The summed E-state index contributed by atoms with van der Waals surface area (Å²) in [4.78, 5) is 13.1. The number of aryl methyl sites for hydroxylation is 1. The number of nitrogens with zero attached hydrogens (tertiary/aromatic N) is 2. The summed E-state index contributed by atoms with van der Waals surface area (Å²) < 4.78 is 1.80. The summed E-state index contributed by atoms with van der Waals surface area (Å²) in [5.74, 6) is -0.220. The number of nitrogens with two attached hydrogens (primary N) is 1. The number of amides is 1. The third-order valence-corrected chi connectivity index (χ3v) is 4.95. The van der Waals surface area contributed by atoms with E-state index in [2.05, 4.69) is 24.3 Å². The van der Waals surface area contributed by atoms with Crippen LogP contribution >= 0.6 is 11.8 Å². The van der Waals surface area contributed by atoms with E-state index in [4.69, 9.17) is 5.73 Å². The van der Waals surface area contributed by atoms with E-state index in [1.165, 1.54) is 0 Å². The minimum absolute atomic E-state index is 0.220. The predicted octanol–water partition coefficient (Wildman–Crippen LogP) is 1.68. The van der Waals surface area contributed by atoms with Crippen molar-refractivity contribution in [2.75, 3.05) is 0 Å². The van der Waals surface area contributed by atoms with Crippen LogP contribution in [-0.4, -0.2) is 32.5 Å². The first-order chi connectivity index (χ1) is 9.41. The maximum Gasteiger partial charge on any atom is 0.237 e. The summed E-state index contributed by atoms with van der Waals surface area (Å²) in [5.41, 5.74) is 5.13. The van der Waals surface area contributed by atoms with Crippen molar-refractivity contribution in [2.24, 2.45) is 12.8 Å². The fourth-order valence-corrected chi connectivity index (χ4v) is 4.31. The highest BCUT2D eigenvalue weighted by Crippen LogP contribution is 2.38. The van der Waals surface area contributed by atoms with E-state index in [-0.39, 0.29) is 11.9 Å². The number of hydrogen-bond donors (Lipinski definition) is 2. The second-order valence-corrected chi connectivity index (χ2v) is 7.31. The highest BCUT2D eigenvalue weighted by molar-refractivity contribution is 8.00. The molecule has 1 aromatic rings. The zero-order valence-electron chi connectivity index (χ0n) is 12.4. The van der Waals surface area contributed by atoms with Crippen LogP contribution in [0.3, 0.4) is 0 Å². The van der Waals surface area contributed by atoms with Crippen molar-refractivity contribution in [2.45, 2.75) is 61.3 Å². The number of thioether (sulfide) groups is 1. The molecule has 6 heteroatoms. The molecular weight excluding hydrogens is 272 g/mol. The van der Waals surface area contributed by atoms with Gasteiger partial charge >= 0.3 is 0 Å². The smallest absolute Gasteiger partial charge is 0.237 e. The van der Waals surface area contributed by atoms with Gasteiger partial charge in [-0.1, -0.05) is 0 Å². The third kappa shape index (κ3) is 3.55. The number of aromatic nitrogens is 2.